The highest BCUT2D eigenvalue weighted by atomic mass is 16.6. The number of ether oxygens (including phenoxy) is 2. The summed E-state index contributed by atoms with van der Waals surface area (Å²) >= 11 is 0. The maximum Gasteiger partial charge on any atom is 0.373 e. The Kier molecular flexibility index (Phi) is 8.38. The Hall–Kier alpha value is -3.60. The number of rotatable bonds is 10. The van der Waals surface area contributed by atoms with E-state index in [-0.39, 0.29) is 31.3 Å². The number of aliphatic hydroxyl groups excluding tert-OH is 1. The molecule has 0 aliphatic carbocycles. The highest BCUT2D eigenvalue weighted by Gasteiger charge is 2.33. The van der Waals surface area contributed by atoms with Crippen LogP contribution in [-0.4, -0.2) is 45.2 Å². The summed E-state index contributed by atoms with van der Waals surface area (Å²) in [5.74, 6) is -3.61. The lowest BCUT2D eigenvalue weighted by Crippen LogP contribution is -2.30. The number of aromatic nitrogens is 2. The van der Waals surface area contributed by atoms with Gasteiger partial charge in [0.15, 0.2) is 5.92 Å². The fourth-order valence-electron chi connectivity index (χ4n) is 2.72. The van der Waals surface area contributed by atoms with Crippen LogP contribution in [0.2, 0.25) is 0 Å². The number of hydrogen-bond acceptors (Lipinski definition) is 10. The molecule has 0 saturated carbocycles. The Morgan fingerprint density at radius 1 is 1.19 bits per heavy atom. The summed E-state index contributed by atoms with van der Waals surface area (Å²) in [7, 11) is 0. The molecule has 1 atom stereocenters. The van der Waals surface area contributed by atoms with Gasteiger partial charge in [-0.1, -0.05) is 19.1 Å². The van der Waals surface area contributed by atoms with Crippen molar-refractivity contribution in [2.45, 2.75) is 33.6 Å². The molecule has 0 fully saturated rings. The molecule has 1 aromatic carbocycles. The van der Waals surface area contributed by atoms with Crippen LogP contribution in [-0.2, 0) is 20.7 Å². The highest BCUT2D eigenvalue weighted by Crippen LogP contribution is 2.34. The maximum absolute atomic E-state index is 12.5. The van der Waals surface area contributed by atoms with Crippen LogP contribution in [0.1, 0.15) is 31.7 Å². The molecule has 166 valence electrons. The van der Waals surface area contributed by atoms with Gasteiger partial charge in [0.2, 0.25) is 5.82 Å². The third kappa shape index (κ3) is 6.19. The van der Waals surface area contributed by atoms with Crippen LogP contribution in [0.4, 0.5) is 17.2 Å². The van der Waals surface area contributed by atoms with Crippen molar-refractivity contribution in [2.75, 3.05) is 18.5 Å². The van der Waals surface area contributed by atoms with E-state index in [1.807, 2.05) is 0 Å². The Morgan fingerprint density at radius 2 is 1.87 bits per heavy atom. The topological polar surface area (TPSA) is 154 Å². The predicted octanol–water partition coefficient (Wildman–Crippen LogP) is 2.47. The summed E-state index contributed by atoms with van der Waals surface area (Å²) < 4.78 is 9.99. The van der Waals surface area contributed by atoms with Crippen LogP contribution in [0.5, 0.6) is 5.88 Å². The first-order valence-electron chi connectivity index (χ1n) is 9.68. The average Bonchev–Trinajstić information content (AvgIpc) is 2.70. The van der Waals surface area contributed by atoms with Crippen molar-refractivity contribution in [2.24, 2.45) is 5.92 Å². The van der Waals surface area contributed by atoms with Gasteiger partial charge in [-0.15, -0.1) is 0 Å². The Labute approximate surface area is 178 Å². The number of esters is 2. The molecular weight excluding hydrogens is 408 g/mol. The van der Waals surface area contributed by atoms with Crippen LogP contribution in [0.25, 0.3) is 0 Å². The van der Waals surface area contributed by atoms with E-state index in [1.54, 1.807) is 38.1 Å². The van der Waals surface area contributed by atoms with Crippen molar-refractivity contribution in [3.8, 4) is 5.88 Å². The van der Waals surface area contributed by atoms with E-state index in [2.05, 4.69) is 15.3 Å². The normalized spacial score (nSPS) is 11.5. The molecule has 1 aromatic heterocycles. The maximum atomic E-state index is 12.5. The zero-order valence-corrected chi connectivity index (χ0v) is 17.5. The number of nitro groups is 1. The van der Waals surface area contributed by atoms with Crippen LogP contribution >= 0.6 is 0 Å². The first kappa shape index (κ1) is 23.7. The minimum Gasteiger partial charge on any atom is -0.465 e. The number of aliphatic hydroxyl groups is 1. The molecule has 1 unspecified atom stereocenters. The third-order valence-electron chi connectivity index (χ3n) is 4.22. The van der Waals surface area contributed by atoms with Gasteiger partial charge in [-0.05, 0) is 44.4 Å². The molecular formula is C20H24N4O7. The molecule has 0 bridgehead atoms. The van der Waals surface area contributed by atoms with Gasteiger partial charge in [0.25, 0.3) is 0 Å². The monoisotopic (exact) mass is 432 g/mol. The molecule has 1 heterocycles. The molecule has 0 radical (unpaired) electrons. The summed E-state index contributed by atoms with van der Waals surface area (Å²) in [5.41, 5.74) is 0.746. The second-order valence-electron chi connectivity index (χ2n) is 6.46. The number of hydrogen-bond donors (Lipinski definition) is 2. The number of anilines is 2. The Morgan fingerprint density at radius 3 is 2.42 bits per heavy atom. The van der Waals surface area contributed by atoms with Crippen molar-refractivity contribution in [1.82, 2.24) is 9.97 Å². The number of nitrogens with zero attached hydrogens (tertiary/aromatic N) is 3. The van der Waals surface area contributed by atoms with E-state index < -0.39 is 34.3 Å². The van der Waals surface area contributed by atoms with Crippen LogP contribution in [0.15, 0.2) is 24.3 Å². The van der Waals surface area contributed by atoms with Crippen molar-refractivity contribution in [1.29, 1.82) is 0 Å². The molecule has 11 heteroatoms. The van der Waals surface area contributed by atoms with E-state index >= 15 is 0 Å². The standard InChI is InChI=1S/C20H24N4O7/c1-4-15(19(26)30-5-2)20(27)31-18-16(24(28)29)17(21-12(3)22-18)23-14-8-6-13(7-9-14)10-11-25/h6-9,15,25H,4-5,10-11H2,1-3H3,(H,21,22,23). The fraction of sp³-hybridized carbons (Fsp3) is 0.400. The molecule has 2 aromatic rings. The van der Waals surface area contributed by atoms with E-state index in [0.717, 1.165) is 5.56 Å². The fourth-order valence-corrected chi connectivity index (χ4v) is 2.72. The summed E-state index contributed by atoms with van der Waals surface area (Å²) in [4.78, 5) is 43.3. The van der Waals surface area contributed by atoms with E-state index in [9.17, 15) is 19.7 Å². The zero-order chi connectivity index (χ0) is 23.0. The lowest BCUT2D eigenvalue weighted by Gasteiger charge is -2.14. The van der Waals surface area contributed by atoms with Gasteiger partial charge in [-0.25, -0.2) is 4.98 Å². The number of carbonyl (C=O) groups excluding carboxylic acids is 2. The second-order valence-corrected chi connectivity index (χ2v) is 6.46. The molecule has 0 saturated heterocycles. The first-order valence-corrected chi connectivity index (χ1v) is 9.68. The minimum atomic E-state index is -1.23. The van der Waals surface area contributed by atoms with Crippen LogP contribution in [0, 0.1) is 23.0 Å². The van der Waals surface area contributed by atoms with Gasteiger partial charge in [0.1, 0.15) is 5.82 Å². The molecule has 0 aliphatic heterocycles. The van der Waals surface area contributed by atoms with Crippen molar-refractivity contribution < 1.29 is 29.1 Å². The largest absolute Gasteiger partial charge is 0.465 e. The van der Waals surface area contributed by atoms with Crippen molar-refractivity contribution in [3.63, 3.8) is 0 Å². The van der Waals surface area contributed by atoms with Gasteiger partial charge in [-0.3, -0.25) is 19.7 Å². The second kappa shape index (κ2) is 11.0. The van der Waals surface area contributed by atoms with Crippen molar-refractivity contribution in [3.05, 3.63) is 45.8 Å². The van der Waals surface area contributed by atoms with E-state index in [0.29, 0.717) is 12.1 Å². The van der Waals surface area contributed by atoms with Gasteiger partial charge in [0, 0.05) is 12.3 Å². The Balaban J connectivity index is 2.36. The van der Waals surface area contributed by atoms with Gasteiger partial charge in [-0.2, -0.15) is 4.98 Å². The minimum absolute atomic E-state index is 0.00261. The Bertz CT molecular complexity index is 947. The van der Waals surface area contributed by atoms with Crippen molar-refractivity contribution >= 4 is 29.1 Å². The highest BCUT2D eigenvalue weighted by molar-refractivity contribution is 5.96. The zero-order valence-electron chi connectivity index (χ0n) is 17.5. The number of benzene rings is 1. The lowest BCUT2D eigenvalue weighted by atomic mass is 10.1. The average molecular weight is 432 g/mol. The summed E-state index contributed by atoms with van der Waals surface area (Å²) in [6, 6.07) is 6.85. The quantitative estimate of drug-likeness (QED) is 0.248. The smallest absolute Gasteiger partial charge is 0.373 e. The van der Waals surface area contributed by atoms with E-state index in [1.165, 1.54) is 6.92 Å². The van der Waals surface area contributed by atoms with Gasteiger partial charge < -0.3 is 19.9 Å². The number of aryl methyl sites for hydroxylation is 1. The van der Waals surface area contributed by atoms with Crippen LogP contribution in [0.3, 0.4) is 0 Å². The molecule has 11 nitrogen and oxygen atoms in total. The predicted molar refractivity (Wildman–Crippen MR) is 110 cm³/mol. The molecule has 0 amide bonds. The number of nitrogens with one attached hydrogen (secondary N) is 1. The first-order chi connectivity index (χ1) is 14.8. The number of carbonyl (C=O) groups is 2. The molecule has 2 rings (SSSR count). The lowest BCUT2D eigenvalue weighted by molar-refractivity contribution is -0.385. The SMILES string of the molecule is CCOC(=O)C(CC)C(=O)Oc1nc(C)nc(Nc2ccc(CCO)cc2)c1[N+](=O)[O-]. The molecule has 0 spiro atoms. The molecule has 31 heavy (non-hydrogen) atoms. The van der Waals surface area contributed by atoms with E-state index in [4.69, 9.17) is 14.6 Å². The molecule has 2 N–H and O–H groups in total. The third-order valence-corrected chi connectivity index (χ3v) is 4.22. The summed E-state index contributed by atoms with van der Waals surface area (Å²) in [6.07, 6.45) is 0.576. The van der Waals surface area contributed by atoms with Gasteiger partial charge in [0.05, 0.1) is 11.5 Å². The van der Waals surface area contributed by atoms with Crippen LogP contribution < -0.4 is 10.1 Å². The summed E-state index contributed by atoms with van der Waals surface area (Å²) in [5, 5.41) is 23.5. The summed E-state index contributed by atoms with van der Waals surface area (Å²) in [6.45, 7) is 4.77. The molecule has 0 aliphatic rings. The van der Waals surface area contributed by atoms with Gasteiger partial charge >= 0.3 is 23.5 Å².